The van der Waals surface area contributed by atoms with Crippen LogP contribution >= 0.6 is 0 Å². The molecule has 2 aliphatic carbocycles. The molecular weight excluding hydrogens is 416 g/mol. The van der Waals surface area contributed by atoms with E-state index in [1.807, 2.05) is 29.2 Å². The molecule has 2 aromatic rings. The minimum absolute atomic E-state index is 0.0740. The lowest BCUT2D eigenvalue weighted by atomic mass is 9.87. The predicted octanol–water partition coefficient (Wildman–Crippen LogP) is 1.98. The Labute approximate surface area is 192 Å². The lowest BCUT2D eigenvalue weighted by Gasteiger charge is -2.34. The van der Waals surface area contributed by atoms with Gasteiger partial charge in [-0.3, -0.25) is 9.79 Å². The summed E-state index contributed by atoms with van der Waals surface area (Å²) < 4.78 is 0. The smallest absolute Gasteiger partial charge is 0.328 e. The van der Waals surface area contributed by atoms with E-state index in [1.54, 1.807) is 0 Å². The molecule has 0 aromatic heterocycles. The fraction of sp³-hybridized carbons (Fsp3) is 0.444. The van der Waals surface area contributed by atoms with Crippen LogP contribution in [-0.4, -0.2) is 51.7 Å². The Kier molecular flexibility index (Phi) is 4.53. The number of carboxylic acid groups (broad SMARTS) is 1. The number of carbonyl (C=O) groups excluding carboxylic acids is 1. The first-order valence-electron chi connectivity index (χ1n) is 11.9. The van der Waals surface area contributed by atoms with E-state index in [-0.39, 0.29) is 11.3 Å². The third kappa shape index (κ3) is 3.48. The van der Waals surface area contributed by atoms with Crippen LogP contribution in [0.2, 0.25) is 0 Å². The molecule has 3 fully saturated rings. The monoisotopic (exact) mass is 444 g/mol. The van der Waals surface area contributed by atoms with Crippen molar-refractivity contribution >= 4 is 17.4 Å². The fourth-order valence-electron chi connectivity index (χ4n) is 5.84. The van der Waals surface area contributed by atoms with Gasteiger partial charge >= 0.3 is 5.97 Å². The van der Waals surface area contributed by atoms with Gasteiger partial charge in [-0.15, -0.1) is 0 Å². The van der Waals surface area contributed by atoms with Crippen LogP contribution in [0.1, 0.15) is 55.6 Å². The van der Waals surface area contributed by atoms with E-state index < -0.39 is 17.6 Å². The number of likely N-dealkylation sites (tertiary alicyclic amines) is 1. The van der Waals surface area contributed by atoms with Crippen LogP contribution in [0.25, 0.3) is 5.57 Å². The number of rotatable bonds is 4. The van der Waals surface area contributed by atoms with Crippen LogP contribution in [0.5, 0.6) is 0 Å². The summed E-state index contributed by atoms with van der Waals surface area (Å²) in [6.07, 6.45) is 4.75. The van der Waals surface area contributed by atoms with Gasteiger partial charge in [-0.05, 0) is 66.2 Å². The van der Waals surface area contributed by atoms with Gasteiger partial charge in [0.05, 0.1) is 5.36 Å². The van der Waals surface area contributed by atoms with E-state index in [0.717, 1.165) is 54.1 Å². The van der Waals surface area contributed by atoms with Crippen LogP contribution in [0.4, 0.5) is 0 Å². The molecule has 0 radical (unpaired) electrons. The highest BCUT2D eigenvalue weighted by molar-refractivity contribution is 5.88. The molecular formula is C27H28N2O4. The lowest BCUT2D eigenvalue weighted by molar-refractivity contribution is -0.144. The number of aliphatic hydroxyl groups is 1. The molecule has 2 aliphatic heterocycles. The molecule has 1 amide bonds. The summed E-state index contributed by atoms with van der Waals surface area (Å²) in [6, 6.07) is 15.6. The van der Waals surface area contributed by atoms with Gasteiger partial charge in [0, 0.05) is 24.7 Å². The van der Waals surface area contributed by atoms with E-state index in [1.165, 1.54) is 5.56 Å². The highest BCUT2D eigenvalue weighted by Crippen LogP contribution is 2.65. The van der Waals surface area contributed by atoms with E-state index in [4.69, 9.17) is 0 Å². The molecule has 1 spiro atoms. The number of benzene rings is 2. The van der Waals surface area contributed by atoms with Crippen molar-refractivity contribution < 1.29 is 19.8 Å². The van der Waals surface area contributed by atoms with Crippen molar-refractivity contribution in [2.75, 3.05) is 13.1 Å². The number of hydrogen-bond acceptors (Lipinski definition) is 4. The summed E-state index contributed by atoms with van der Waals surface area (Å²) in [4.78, 5) is 30.3. The SMILES string of the molecule is O=C(O)C1CC(c2ccc([C@H]3CC34CCN(C(=O)C3(O)CC3)CC4)cc2)=c2ccccc2=N1. The normalized spacial score (nSPS) is 26.3. The topological polar surface area (TPSA) is 90.2 Å². The molecule has 2 N–H and O–H groups in total. The maximum absolute atomic E-state index is 12.4. The first-order valence-corrected chi connectivity index (χ1v) is 11.9. The molecule has 6 rings (SSSR count). The summed E-state index contributed by atoms with van der Waals surface area (Å²) >= 11 is 0. The minimum Gasteiger partial charge on any atom is -0.480 e. The number of fused-ring (bicyclic) bond motifs is 1. The largest absolute Gasteiger partial charge is 0.480 e. The Morgan fingerprint density at radius 3 is 2.33 bits per heavy atom. The quantitative estimate of drug-likeness (QED) is 0.755. The number of nitrogens with zero attached hydrogens (tertiary/aromatic N) is 2. The average molecular weight is 445 g/mol. The van der Waals surface area contributed by atoms with Gasteiger partial charge in [0.1, 0.15) is 5.60 Å². The van der Waals surface area contributed by atoms with Crippen LogP contribution in [0, 0.1) is 5.41 Å². The van der Waals surface area contributed by atoms with Gasteiger partial charge in [-0.2, -0.15) is 0 Å². The Balaban J connectivity index is 1.20. The second kappa shape index (κ2) is 7.26. The Bertz CT molecular complexity index is 1250. The van der Waals surface area contributed by atoms with Crippen LogP contribution in [0.15, 0.2) is 53.5 Å². The first kappa shape index (κ1) is 20.6. The second-order valence-electron chi connectivity index (χ2n) is 10.2. The third-order valence-corrected chi connectivity index (χ3v) is 8.23. The molecule has 2 saturated carbocycles. The van der Waals surface area contributed by atoms with Crippen molar-refractivity contribution in [1.82, 2.24) is 4.90 Å². The summed E-state index contributed by atoms with van der Waals surface area (Å²) in [7, 11) is 0. The molecule has 4 aliphatic rings. The highest BCUT2D eigenvalue weighted by Gasteiger charge is 2.57. The van der Waals surface area contributed by atoms with Gasteiger partial charge in [-0.25, -0.2) is 4.79 Å². The maximum Gasteiger partial charge on any atom is 0.328 e. The van der Waals surface area contributed by atoms with Crippen LogP contribution in [-0.2, 0) is 9.59 Å². The van der Waals surface area contributed by atoms with Gasteiger partial charge < -0.3 is 15.1 Å². The number of piperidine rings is 1. The summed E-state index contributed by atoms with van der Waals surface area (Å²) in [5, 5.41) is 21.4. The highest BCUT2D eigenvalue weighted by atomic mass is 16.4. The molecule has 6 nitrogen and oxygen atoms in total. The lowest BCUT2D eigenvalue weighted by Crippen LogP contribution is -2.45. The van der Waals surface area contributed by atoms with Crippen molar-refractivity contribution in [1.29, 1.82) is 0 Å². The number of para-hydroxylation sites is 1. The summed E-state index contributed by atoms with van der Waals surface area (Å²) in [5.74, 6) is -0.453. The van der Waals surface area contributed by atoms with E-state index >= 15 is 0 Å². The maximum atomic E-state index is 12.4. The number of amides is 1. The first-order chi connectivity index (χ1) is 15.9. The standard InChI is InChI=1S/C27H28N2O4/c30-24(31)23-15-20(19-3-1-2-4-22(19)28-23)17-5-7-18(8-6-17)21-16-26(21)11-13-29(14-12-26)25(32)27(33)9-10-27/h1-8,21,23,33H,9-16H2,(H,30,31)/t21-,23?/m1/s1. The second-order valence-corrected chi connectivity index (χ2v) is 10.2. The zero-order valence-electron chi connectivity index (χ0n) is 18.5. The molecule has 0 bridgehead atoms. The van der Waals surface area contributed by atoms with Crippen molar-refractivity contribution in [3.05, 3.63) is 70.2 Å². The molecule has 2 aromatic carbocycles. The molecule has 170 valence electrons. The predicted molar refractivity (Wildman–Crippen MR) is 122 cm³/mol. The van der Waals surface area contributed by atoms with Crippen molar-refractivity contribution in [2.24, 2.45) is 10.4 Å². The number of carbonyl (C=O) groups is 2. The Morgan fingerprint density at radius 1 is 0.970 bits per heavy atom. The number of carboxylic acids is 1. The third-order valence-electron chi connectivity index (χ3n) is 8.23. The summed E-state index contributed by atoms with van der Waals surface area (Å²) in [5.41, 5.74) is 2.63. The minimum atomic E-state index is -1.06. The van der Waals surface area contributed by atoms with Crippen molar-refractivity contribution in [2.45, 2.75) is 56.1 Å². The summed E-state index contributed by atoms with van der Waals surface area (Å²) in [6.45, 7) is 1.48. The van der Waals surface area contributed by atoms with Gasteiger partial charge in [0.2, 0.25) is 0 Å². The zero-order chi connectivity index (χ0) is 22.8. The van der Waals surface area contributed by atoms with E-state index in [2.05, 4.69) is 29.3 Å². The van der Waals surface area contributed by atoms with Crippen molar-refractivity contribution in [3.8, 4) is 0 Å². The molecule has 2 atom stereocenters. The van der Waals surface area contributed by atoms with Gasteiger partial charge in [-0.1, -0.05) is 42.5 Å². The van der Waals surface area contributed by atoms with Crippen molar-refractivity contribution in [3.63, 3.8) is 0 Å². The van der Waals surface area contributed by atoms with E-state index in [9.17, 15) is 19.8 Å². The van der Waals surface area contributed by atoms with Gasteiger partial charge in [0.15, 0.2) is 6.04 Å². The fourth-order valence-corrected chi connectivity index (χ4v) is 5.84. The molecule has 2 heterocycles. The van der Waals surface area contributed by atoms with E-state index in [0.29, 0.717) is 25.2 Å². The Morgan fingerprint density at radius 2 is 1.67 bits per heavy atom. The molecule has 6 heteroatoms. The number of hydrogen-bond donors (Lipinski definition) is 2. The van der Waals surface area contributed by atoms with Crippen LogP contribution in [0.3, 0.4) is 0 Å². The molecule has 33 heavy (non-hydrogen) atoms. The van der Waals surface area contributed by atoms with Gasteiger partial charge in [0.25, 0.3) is 5.91 Å². The molecule has 1 saturated heterocycles. The van der Waals surface area contributed by atoms with Crippen LogP contribution < -0.4 is 10.6 Å². The average Bonchev–Trinajstić information content (AvgIpc) is 3.76. The Hall–Kier alpha value is -2.99. The molecule has 1 unspecified atom stereocenters. The number of aliphatic carboxylic acids is 1. The zero-order valence-corrected chi connectivity index (χ0v) is 18.5.